The Morgan fingerprint density at radius 1 is 0.895 bits per heavy atom. The van der Waals surface area contributed by atoms with Crippen LogP contribution in [0.1, 0.15) is 12.8 Å². The predicted molar refractivity (Wildman–Crippen MR) is 91.3 cm³/mol. The molecule has 4 aliphatic carbocycles. The molecule has 0 spiro atoms. The van der Waals surface area contributed by atoms with E-state index in [0.29, 0.717) is 25.8 Å². The first kappa shape index (κ1) is 14.8. The lowest BCUT2D eigenvalue weighted by Crippen LogP contribution is -2.46. The minimum Gasteiger partial charge on any atom is -0.109 e. The zero-order chi connectivity index (χ0) is 14.0. The standard InChI is InChI=1S/C12H9Cl6I/c13-8-9(14)11(16)7-4-1-3(2-5(4)19)6(7)10(8,15)12(11,17)18/h3-7H,1-2H2/t3-,4-,5+,6-,7-,10+,11+/m1/s1. The smallest absolute Gasteiger partial charge is 0.109 e. The van der Waals surface area contributed by atoms with E-state index in [-0.39, 0.29) is 11.8 Å². The summed E-state index contributed by atoms with van der Waals surface area (Å²) in [5.74, 6) is 1.22. The van der Waals surface area contributed by atoms with Crippen LogP contribution in [-0.4, -0.2) is 18.0 Å². The van der Waals surface area contributed by atoms with Crippen molar-refractivity contribution in [2.45, 2.75) is 30.8 Å². The van der Waals surface area contributed by atoms with Crippen molar-refractivity contribution in [2.24, 2.45) is 23.7 Å². The van der Waals surface area contributed by atoms with Crippen LogP contribution in [0.25, 0.3) is 0 Å². The lowest BCUT2D eigenvalue weighted by atomic mass is 9.72. The van der Waals surface area contributed by atoms with Crippen molar-refractivity contribution < 1.29 is 0 Å². The average molecular weight is 493 g/mol. The summed E-state index contributed by atoms with van der Waals surface area (Å²) in [5.41, 5.74) is 0. The molecule has 4 bridgehead atoms. The van der Waals surface area contributed by atoms with Crippen LogP contribution in [0.2, 0.25) is 0 Å². The first-order valence-electron chi connectivity index (χ1n) is 6.15. The van der Waals surface area contributed by atoms with Crippen LogP contribution in [0.3, 0.4) is 0 Å². The highest BCUT2D eigenvalue weighted by molar-refractivity contribution is 14.1. The number of rotatable bonds is 0. The molecule has 3 fully saturated rings. The highest BCUT2D eigenvalue weighted by Crippen LogP contribution is 2.82. The summed E-state index contributed by atoms with van der Waals surface area (Å²) < 4.78 is -0.754. The molecular formula is C12H9Cl6I. The molecule has 0 aromatic heterocycles. The average Bonchev–Trinajstić information content (AvgIpc) is 2.95. The van der Waals surface area contributed by atoms with Crippen molar-refractivity contribution in [1.82, 2.24) is 0 Å². The number of hydrogen-bond donors (Lipinski definition) is 0. The van der Waals surface area contributed by atoms with E-state index in [1.807, 2.05) is 0 Å². The fourth-order valence-electron chi connectivity index (χ4n) is 4.97. The molecular weight excluding hydrogens is 484 g/mol. The van der Waals surface area contributed by atoms with Crippen LogP contribution < -0.4 is 0 Å². The van der Waals surface area contributed by atoms with Gasteiger partial charge in [-0.15, -0.1) is 23.2 Å². The third-order valence-electron chi connectivity index (χ3n) is 5.59. The maximum Gasteiger partial charge on any atom is 0.166 e. The fraction of sp³-hybridized carbons (Fsp3) is 0.833. The molecule has 4 rings (SSSR count). The molecule has 3 saturated carbocycles. The molecule has 0 N–H and O–H groups in total. The van der Waals surface area contributed by atoms with Gasteiger partial charge in [0.05, 0.1) is 10.1 Å². The van der Waals surface area contributed by atoms with E-state index in [0.717, 1.165) is 12.8 Å². The third kappa shape index (κ3) is 1.29. The lowest BCUT2D eigenvalue weighted by molar-refractivity contribution is 0.228. The van der Waals surface area contributed by atoms with Crippen molar-refractivity contribution in [2.75, 3.05) is 0 Å². The van der Waals surface area contributed by atoms with Crippen molar-refractivity contribution in [3.63, 3.8) is 0 Å². The number of alkyl halides is 5. The number of fused-ring (bicyclic) bond motifs is 9. The summed E-state index contributed by atoms with van der Waals surface area (Å²) in [7, 11) is 0. The molecule has 0 amide bonds. The van der Waals surface area contributed by atoms with E-state index < -0.39 is 14.1 Å². The van der Waals surface area contributed by atoms with E-state index in [2.05, 4.69) is 22.6 Å². The second-order valence-electron chi connectivity index (χ2n) is 6.09. The SMILES string of the molecule is ClC1=C(Cl)[C@@]2(Cl)[C@@H]3[C@@H]4C[C@H](C[C@@H]4I)[C@H]3[C@@]1(Cl)C2(Cl)Cl. The summed E-state index contributed by atoms with van der Waals surface area (Å²) in [6.45, 7) is 0. The van der Waals surface area contributed by atoms with Crippen molar-refractivity contribution in [3.8, 4) is 0 Å². The minimum absolute atomic E-state index is 0.123. The van der Waals surface area contributed by atoms with Gasteiger partial charge in [-0.1, -0.05) is 69.0 Å². The van der Waals surface area contributed by atoms with Crippen LogP contribution in [-0.2, 0) is 0 Å². The second kappa shape index (κ2) is 3.99. The van der Waals surface area contributed by atoms with Gasteiger partial charge in [-0.3, -0.25) is 0 Å². The molecule has 4 aliphatic rings. The molecule has 7 heteroatoms. The Labute approximate surface area is 155 Å². The Hall–Kier alpha value is 2.21. The van der Waals surface area contributed by atoms with Gasteiger partial charge >= 0.3 is 0 Å². The molecule has 0 aromatic carbocycles. The molecule has 0 unspecified atom stereocenters. The quantitative estimate of drug-likeness (QED) is 0.224. The summed E-state index contributed by atoms with van der Waals surface area (Å²) >= 11 is 42.2. The Morgan fingerprint density at radius 3 is 2.00 bits per heavy atom. The Balaban J connectivity index is 1.99. The number of hydrogen-bond acceptors (Lipinski definition) is 0. The van der Waals surface area contributed by atoms with Gasteiger partial charge in [0.2, 0.25) is 0 Å². The maximum absolute atomic E-state index is 6.86. The molecule has 106 valence electrons. The Kier molecular flexibility index (Phi) is 3.11. The number of allylic oxidation sites excluding steroid dienone is 2. The normalized spacial score (nSPS) is 61.1. The molecule has 0 heterocycles. The van der Waals surface area contributed by atoms with Gasteiger partial charge in [0.25, 0.3) is 0 Å². The molecule has 7 atom stereocenters. The van der Waals surface area contributed by atoms with Crippen LogP contribution in [0, 0.1) is 23.7 Å². The summed E-state index contributed by atoms with van der Waals surface area (Å²) in [6, 6.07) is 0. The molecule has 0 nitrogen and oxygen atoms in total. The van der Waals surface area contributed by atoms with Crippen molar-refractivity contribution in [3.05, 3.63) is 10.1 Å². The van der Waals surface area contributed by atoms with Gasteiger partial charge in [-0.2, -0.15) is 0 Å². The van der Waals surface area contributed by atoms with Crippen molar-refractivity contribution >= 4 is 92.2 Å². The van der Waals surface area contributed by atoms with Gasteiger partial charge in [0, 0.05) is 3.92 Å². The summed E-state index contributed by atoms with van der Waals surface area (Å²) in [6.07, 6.45) is 2.27. The zero-order valence-electron chi connectivity index (χ0n) is 9.45. The maximum atomic E-state index is 6.86. The molecule has 0 aromatic rings. The van der Waals surface area contributed by atoms with Gasteiger partial charge < -0.3 is 0 Å². The summed E-state index contributed by atoms with van der Waals surface area (Å²) in [5, 5.41) is 0.711. The first-order chi connectivity index (χ1) is 8.69. The van der Waals surface area contributed by atoms with Crippen LogP contribution in [0.5, 0.6) is 0 Å². The minimum atomic E-state index is -1.34. The molecule has 0 aliphatic heterocycles. The van der Waals surface area contributed by atoms with Gasteiger partial charge in [0.1, 0.15) is 9.75 Å². The van der Waals surface area contributed by atoms with Gasteiger partial charge in [-0.25, -0.2) is 0 Å². The van der Waals surface area contributed by atoms with Gasteiger partial charge in [0.15, 0.2) is 4.33 Å². The van der Waals surface area contributed by atoms with E-state index >= 15 is 0 Å². The largest absolute Gasteiger partial charge is 0.166 e. The van der Waals surface area contributed by atoms with Crippen molar-refractivity contribution in [1.29, 1.82) is 0 Å². The lowest BCUT2D eigenvalue weighted by Gasteiger charge is -2.41. The van der Waals surface area contributed by atoms with E-state index in [4.69, 9.17) is 69.6 Å². The Morgan fingerprint density at radius 2 is 1.42 bits per heavy atom. The molecule has 0 radical (unpaired) electrons. The van der Waals surface area contributed by atoms with Crippen LogP contribution >= 0.6 is 92.2 Å². The fourth-order valence-corrected chi connectivity index (χ4v) is 9.51. The van der Waals surface area contributed by atoms with Crippen LogP contribution in [0.4, 0.5) is 0 Å². The third-order valence-corrected chi connectivity index (χ3v) is 11.3. The topological polar surface area (TPSA) is 0 Å². The highest BCUT2D eigenvalue weighted by atomic mass is 127. The van der Waals surface area contributed by atoms with Crippen LogP contribution in [0.15, 0.2) is 10.1 Å². The predicted octanol–water partition coefficient (Wildman–Crippen LogP) is 5.91. The van der Waals surface area contributed by atoms with E-state index in [1.165, 1.54) is 0 Å². The van der Waals surface area contributed by atoms with E-state index in [9.17, 15) is 0 Å². The monoisotopic (exact) mass is 490 g/mol. The summed E-state index contributed by atoms with van der Waals surface area (Å²) in [4.78, 5) is -2.07. The first-order valence-corrected chi connectivity index (χ1v) is 9.66. The second-order valence-corrected chi connectivity index (χ2v) is 11.0. The Bertz CT molecular complexity index is 518. The number of halogens is 7. The highest BCUT2D eigenvalue weighted by Gasteiger charge is 2.86. The van der Waals surface area contributed by atoms with Gasteiger partial charge in [-0.05, 0) is 36.5 Å². The molecule has 0 saturated heterocycles. The van der Waals surface area contributed by atoms with E-state index in [1.54, 1.807) is 0 Å². The zero-order valence-corrected chi connectivity index (χ0v) is 16.1. The molecule has 19 heavy (non-hydrogen) atoms.